The molecular formula is C22H31IN6O2. The van der Waals surface area contributed by atoms with E-state index in [1.54, 1.807) is 13.4 Å². The molecule has 0 fully saturated rings. The van der Waals surface area contributed by atoms with E-state index in [0.29, 0.717) is 13.1 Å². The molecule has 0 spiro atoms. The topological polar surface area (TPSA) is 89.5 Å². The molecular weight excluding hydrogens is 507 g/mol. The molecule has 0 bridgehead atoms. The van der Waals surface area contributed by atoms with E-state index in [0.717, 1.165) is 47.6 Å². The summed E-state index contributed by atoms with van der Waals surface area (Å²) in [4.78, 5) is 4.75. The van der Waals surface area contributed by atoms with E-state index in [1.807, 2.05) is 47.9 Å². The second-order valence-electron chi connectivity index (χ2n) is 7.05. The van der Waals surface area contributed by atoms with Crippen molar-refractivity contribution in [3.8, 4) is 5.75 Å². The summed E-state index contributed by atoms with van der Waals surface area (Å²) in [6, 6.07) is 11.9. The molecule has 3 rings (SSSR count). The maximum absolute atomic E-state index is 5.75. The smallest absolute Gasteiger partial charge is 0.192 e. The van der Waals surface area contributed by atoms with E-state index in [1.165, 1.54) is 0 Å². The molecule has 1 aromatic carbocycles. The number of nitrogens with zero attached hydrogens (tertiary/aromatic N) is 4. The van der Waals surface area contributed by atoms with Crippen LogP contribution in [0, 0.1) is 6.92 Å². The zero-order valence-corrected chi connectivity index (χ0v) is 20.8. The SMILES string of the molecule is CCc1nncn1CCNC(=NCc1ccc(OC)cc1)NC(C)c1ccc(C)o1.I. The van der Waals surface area contributed by atoms with Crippen molar-refractivity contribution in [1.82, 2.24) is 25.4 Å². The van der Waals surface area contributed by atoms with E-state index in [-0.39, 0.29) is 30.0 Å². The summed E-state index contributed by atoms with van der Waals surface area (Å²) in [5, 5.41) is 15.0. The number of hydrogen-bond donors (Lipinski definition) is 2. The Morgan fingerprint density at radius 3 is 2.65 bits per heavy atom. The Balaban J connectivity index is 0.00000341. The van der Waals surface area contributed by atoms with E-state index in [2.05, 4.69) is 34.7 Å². The Kier molecular flexibility index (Phi) is 9.83. The third kappa shape index (κ3) is 7.27. The third-order valence-electron chi connectivity index (χ3n) is 4.78. The maximum Gasteiger partial charge on any atom is 0.192 e. The van der Waals surface area contributed by atoms with Gasteiger partial charge in [0.15, 0.2) is 5.96 Å². The number of nitrogens with one attached hydrogen (secondary N) is 2. The minimum Gasteiger partial charge on any atom is -0.497 e. The van der Waals surface area contributed by atoms with Gasteiger partial charge in [-0.15, -0.1) is 34.2 Å². The maximum atomic E-state index is 5.75. The lowest BCUT2D eigenvalue weighted by Gasteiger charge is -2.17. The fraction of sp³-hybridized carbons (Fsp3) is 0.409. The number of methoxy groups -OCH3 is 1. The molecule has 0 aliphatic heterocycles. The van der Waals surface area contributed by atoms with Crippen LogP contribution in [-0.4, -0.2) is 34.4 Å². The molecule has 8 nitrogen and oxygen atoms in total. The fourth-order valence-electron chi connectivity index (χ4n) is 3.05. The van der Waals surface area contributed by atoms with Crippen molar-refractivity contribution < 1.29 is 9.15 Å². The molecule has 2 N–H and O–H groups in total. The van der Waals surface area contributed by atoms with Crippen LogP contribution in [0.15, 0.2) is 52.1 Å². The quantitative estimate of drug-likeness (QED) is 0.244. The van der Waals surface area contributed by atoms with Gasteiger partial charge in [-0.3, -0.25) is 0 Å². The lowest BCUT2D eigenvalue weighted by atomic mass is 10.2. The Morgan fingerprint density at radius 2 is 2.00 bits per heavy atom. The summed E-state index contributed by atoms with van der Waals surface area (Å²) in [7, 11) is 1.66. The van der Waals surface area contributed by atoms with Gasteiger partial charge in [-0.05, 0) is 43.7 Å². The number of guanidine groups is 1. The summed E-state index contributed by atoms with van der Waals surface area (Å²) in [5.74, 6) is 4.29. The number of benzene rings is 1. The Bertz CT molecular complexity index is 951. The minimum absolute atomic E-state index is 0. The molecule has 2 aromatic heterocycles. The highest BCUT2D eigenvalue weighted by molar-refractivity contribution is 14.0. The fourth-order valence-corrected chi connectivity index (χ4v) is 3.05. The number of rotatable bonds is 9. The molecule has 0 aliphatic carbocycles. The molecule has 31 heavy (non-hydrogen) atoms. The average Bonchev–Trinajstić information content (AvgIpc) is 3.40. The molecule has 1 unspecified atom stereocenters. The van der Waals surface area contributed by atoms with Gasteiger partial charge in [-0.1, -0.05) is 19.1 Å². The predicted molar refractivity (Wildman–Crippen MR) is 132 cm³/mol. The number of aryl methyl sites for hydroxylation is 2. The highest BCUT2D eigenvalue weighted by atomic mass is 127. The highest BCUT2D eigenvalue weighted by Gasteiger charge is 2.12. The number of aromatic nitrogens is 3. The van der Waals surface area contributed by atoms with E-state index in [9.17, 15) is 0 Å². The minimum atomic E-state index is -0.0121. The van der Waals surface area contributed by atoms with Crippen LogP contribution in [0.25, 0.3) is 0 Å². The predicted octanol–water partition coefficient (Wildman–Crippen LogP) is 3.87. The number of furan rings is 1. The molecule has 9 heteroatoms. The molecule has 0 saturated heterocycles. The largest absolute Gasteiger partial charge is 0.497 e. The van der Waals surface area contributed by atoms with Crippen LogP contribution in [0.2, 0.25) is 0 Å². The lowest BCUT2D eigenvalue weighted by Crippen LogP contribution is -2.40. The summed E-state index contributed by atoms with van der Waals surface area (Å²) in [5.41, 5.74) is 1.10. The molecule has 0 saturated carbocycles. The first-order valence-corrected chi connectivity index (χ1v) is 10.2. The van der Waals surface area contributed by atoms with Gasteiger partial charge in [0.2, 0.25) is 0 Å². The zero-order chi connectivity index (χ0) is 21.3. The van der Waals surface area contributed by atoms with Crippen LogP contribution in [0.1, 0.15) is 42.8 Å². The molecule has 0 aliphatic rings. The van der Waals surface area contributed by atoms with Crippen LogP contribution in [0.5, 0.6) is 5.75 Å². The number of aliphatic imine (C=N–C) groups is 1. The van der Waals surface area contributed by atoms with Crippen molar-refractivity contribution >= 4 is 29.9 Å². The van der Waals surface area contributed by atoms with Gasteiger partial charge in [0.1, 0.15) is 29.4 Å². The first-order valence-electron chi connectivity index (χ1n) is 10.2. The van der Waals surface area contributed by atoms with E-state index < -0.39 is 0 Å². The van der Waals surface area contributed by atoms with Gasteiger partial charge < -0.3 is 24.4 Å². The normalized spacial score (nSPS) is 12.2. The monoisotopic (exact) mass is 538 g/mol. The lowest BCUT2D eigenvalue weighted by molar-refractivity contribution is 0.414. The summed E-state index contributed by atoms with van der Waals surface area (Å²) in [6.07, 6.45) is 2.61. The molecule has 3 aromatic rings. The van der Waals surface area contributed by atoms with Gasteiger partial charge >= 0.3 is 0 Å². The van der Waals surface area contributed by atoms with Gasteiger partial charge in [-0.2, -0.15) is 0 Å². The second kappa shape index (κ2) is 12.3. The average molecular weight is 538 g/mol. The van der Waals surface area contributed by atoms with Gasteiger partial charge in [0.05, 0.1) is 19.7 Å². The molecule has 168 valence electrons. The first-order chi connectivity index (χ1) is 14.6. The standard InChI is InChI=1S/C22H30N6O2.HI/c1-5-21-27-25-15-28(21)13-12-23-22(26-17(3)20-11-6-16(2)30-20)24-14-18-7-9-19(29-4)10-8-18;/h6-11,15,17H,5,12-14H2,1-4H3,(H2,23,24,26);1H. The molecule has 0 amide bonds. The second-order valence-corrected chi connectivity index (χ2v) is 7.05. The van der Waals surface area contributed by atoms with Gasteiger partial charge in [0.25, 0.3) is 0 Å². The van der Waals surface area contributed by atoms with Crippen molar-refractivity contribution in [2.24, 2.45) is 4.99 Å². The van der Waals surface area contributed by atoms with Crippen LogP contribution < -0.4 is 15.4 Å². The Morgan fingerprint density at radius 1 is 1.23 bits per heavy atom. The Hall–Kier alpha value is -2.56. The summed E-state index contributed by atoms with van der Waals surface area (Å²) < 4.78 is 13.0. The molecule has 0 radical (unpaired) electrons. The summed E-state index contributed by atoms with van der Waals surface area (Å²) >= 11 is 0. The van der Waals surface area contributed by atoms with E-state index in [4.69, 9.17) is 14.1 Å². The van der Waals surface area contributed by atoms with Crippen LogP contribution in [-0.2, 0) is 19.5 Å². The van der Waals surface area contributed by atoms with Crippen molar-refractivity contribution in [3.63, 3.8) is 0 Å². The van der Waals surface area contributed by atoms with Gasteiger partial charge in [-0.25, -0.2) is 4.99 Å². The van der Waals surface area contributed by atoms with Crippen LogP contribution in [0.4, 0.5) is 0 Å². The third-order valence-corrected chi connectivity index (χ3v) is 4.78. The zero-order valence-electron chi connectivity index (χ0n) is 18.5. The van der Waals surface area contributed by atoms with Crippen LogP contribution in [0.3, 0.4) is 0 Å². The van der Waals surface area contributed by atoms with Crippen LogP contribution >= 0.6 is 24.0 Å². The Labute approximate surface area is 200 Å². The van der Waals surface area contributed by atoms with E-state index >= 15 is 0 Å². The van der Waals surface area contributed by atoms with Gasteiger partial charge in [0, 0.05) is 19.5 Å². The van der Waals surface area contributed by atoms with Crippen molar-refractivity contribution in [2.45, 2.75) is 46.3 Å². The van der Waals surface area contributed by atoms with Crippen molar-refractivity contribution in [3.05, 3.63) is 65.6 Å². The van der Waals surface area contributed by atoms with Crippen molar-refractivity contribution in [1.29, 1.82) is 0 Å². The number of halogens is 1. The molecule has 2 heterocycles. The highest BCUT2D eigenvalue weighted by Crippen LogP contribution is 2.16. The molecule has 1 atom stereocenters. The number of ether oxygens (including phenoxy) is 1. The number of hydrogen-bond acceptors (Lipinski definition) is 5. The first kappa shape index (κ1) is 24.7. The van der Waals surface area contributed by atoms with Crippen molar-refractivity contribution in [2.75, 3.05) is 13.7 Å². The summed E-state index contributed by atoms with van der Waals surface area (Å²) in [6.45, 7) is 8.08.